The summed E-state index contributed by atoms with van der Waals surface area (Å²) in [6.07, 6.45) is 12.9. The zero-order valence-corrected chi connectivity index (χ0v) is 14.4. The van der Waals surface area contributed by atoms with Crippen LogP contribution in [0.25, 0.3) is 0 Å². The summed E-state index contributed by atoms with van der Waals surface area (Å²) in [6, 6.07) is 0. The van der Waals surface area contributed by atoms with E-state index in [1.807, 2.05) is 0 Å². The van der Waals surface area contributed by atoms with Crippen LogP contribution >= 0.6 is 0 Å². The summed E-state index contributed by atoms with van der Waals surface area (Å²) < 4.78 is 0. The van der Waals surface area contributed by atoms with E-state index in [0.717, 1.165) is 32.1 Å². The van der Waals surface area contributed by atoms with Gasteiger partial charge in [-0.2, -0.15) is 0 Å². The van der Waals surface area contributed by atoms with Gasteiger partial charge in [0.15, 0.2) is 0 Å². The summed E-state index contributed by atoms with van der Waals surface area (Å²) in [6.45, 7) is 2.19. The van der Waals surface area contributed by atoms with E-state index in [1.54, 1.807) is 0 Å². The molecule has 0 heterocycles. The van der Waals surface area contributed by atoms with Crippen LogP contribution in [0, 0.1) is 11.8 Å². The van der Waals surface area contributed by atoms with Crippen LogP contribution in [-0.4, -0.2) is 28.1 Å². The molecule has 0 bridgehead atoms. The van der Waals surface area contributed by atoms with E-state index in [9.17, 15) is 14.7 Å². The molecule has 0 radical (unpaired) electrons. The van der Waals surface area contributed by atoms with Gasteiger partial charge < -0.3 is 10.2 Å². The molecule has 1 rings (SSSR count). The third-order valence-electron chi connectivity index (χ3n) is 4.79. The van der Waals surface area contributed by atoms with E-state index in [1.165, 1.54) is 19.3 Å². The first-order valence-corrected chi connectivity index (χ1v) is 9.13. The second-order valence-corrected chi connectivity index (χ2v) is 6.70. The van der Waals surface area contributed by atoms with Crippen LogP contribution in [0.5, 0.6) is 0 Å². The maximum Gasteiger partial charge on any atom is 0.303 e. The van der Waals surface area contributed by atoms with E-state index >= 15 is 0 Å². The number of allylic oxidation sites excluding steroid dienone is 2. The lowest BCUT2D eigenvalue weighted by Crippen LogP contribution is -2.20. The first-order chi connectivity index (χ1) is 11.1. The monoisotopic (exact) mass is 324 g/mol. The van der Waals surface area contributed by atoms with E-state index in [-0.39, 0.29) is 30.5 Å². The average Bonchev–Trinajstić information content (AvgIpc) is 2.76. The number of rotatable bonds is 12. The van der Waals surface area contributed by atoms with Crippen LogP contribution in [0.4, 0.5) is 0 Å². The number of carbonyl (C=O) groups is 2. The molecule has 0 spiro atoms. The highest BCUT2D eigenvalue weighted by atomic mass is 16.4. The lowest BCUT2D eigenvalue weighted by Gasteiger charge is -2.19. The molecule has 0 aromatic carbocycles. The molecule has 1 aliphatic carbocycles. The number of aliphatic hydroxyl groups excluding tert-OH is 1. The normalized spacial score (nSPS) is 24.6. The molecule has 4 nitrogen and oxygen atoms in total. The molecule has 132 valence electrons. The van der Waals surface area contributed by atoms with Crippen molar-refractivity contribution in [1.29, 1.82) is 0 Å². The van der Waals surface area contributed by atoms with Crippen molar-refractivity contribution in [2.75, 3.05) is 0 Å². The van der Waals surface area contributed by atoms with Crippen LogP contribution in [0.2, 0.25) is 0 Å². The lowest BCUT2D eigenvalue weighted by atomic mass is 9.86. The van der Waals surface area contributed by atoms with Gasteiger partial charge in [-0.25, -0.2) is 0 Å². The number of Topliss-reactive ketones (excluding diaryl/α,β-unsaturated/α-hetero) is 1. The number of carbonyl (C=O) groups excluding carboxylic acids is 1. The average molecular weight is 324 g/mol. The van der Waals surface area contributed by atoms with Crippen molar-refractivity contribution in [3.05, 3.63) is 12.2 Å². The Morgan fingerprint density at radius 3 is 2.65 bits per heavy atom. The number of carboxylic acids is 1. The Morgan fingerprint density at radius 1 is 1.17 bits per heavy atom. The second-order valence-electron chi connectivity index (χ2n) is 6.70. The molecule has 23 heavy (non-hydrogen) atoms. The van der Waals surface area contributed by atoms with Crippen molar-refractivity contribution < 1.29 is 19.8 Å². The molecule has 2 N–H and O–H groups in total. The molecule has 0 aromatic heterocycles. The summed E-state index contributed by atoms with van der Waals surface area (Å²) in [4.78, 5) is 22.5. The van der Waals surface area contributed by atoms with Gasteiger partial charge in [0, 0.05) is 18.8 Å². The SMILES string of the molecule is CCCCC/C=C/C[C@H]1[C@H](O)CC(=O)[C@@H]1CCCCCC(=O)O. The number of carboxylic acid groups (broad SMARTS) is 1. The topological polar surface area (TPSA) is 74.6 Å². The number of unbranched alkanes of at least 4 members (excludes halogenated alkanes) is 5. The summed E-state index contributed by atoms with van der Waals surface area (Å²) in [5, 5.41) is 18.7. The third kappa shape index (κ3) is 7.78. The zero-order valence-electron chi connectivity index (χ0n) is 14.4. The van der Waals surface area contributed by atoms with Gasteiger partial charge in [0.25, 0.3) is 0 Å². The minimum absolute atomic E-state index is 0.0457. The number of ketones is 1. The molecular formula is C19H32O4. The zero-order chi connectivity index (χ0) is 17.1. The summed E-state index contributed by atoms with van der Waals surface area (Å²) in [7, 11) is 0. The Balaban J connectivity index is 2.33. The first-order valence-electron chi connectivity index (χ1n) is 9.13. The lowest BCUT2D eigenvalue weighted by molar-refractivity contribution is -0.137. The first kappa shape index (κ1) is 19.9. The molecule has 0 unspecified atom stereocenters. The van der Waals surface area contributed by atoms with E-state index < -0.39 is 12.1 Å². The Labute approximate surface area is 140 Å². The molecular weight excluding hydrogens is 292 g/mol. The highest BCUT2D eigenvalue weighted by Gasteiger charge is 2.39. The van der Waals surface area contributed by atoms with Crippen LogP contribution in [0.1, 0.15) is 77.6 Å². The van der Waals surface area contributed by atoms with Gasteiger partial charge in [-0.1, -0.05) is 44.8 Å². The van der Waals surface area contributed by atoms with E-state index in [4.69, 9.17) is 5.11 Å². The van der Waals surface area contributed by atoms with Gasteiger partial charge in [-0.05, 0) is 38.0 Å². The number of aliphatic carboxylic acids is 1. The van der Waals surface area contributed by atoms with Crippen molar-refractivity contribution in [2.24, 2.45) is 11.8 Å². The fourth-order valence-electron chi connectivity index (χ4n) is 3.41. The van der Waals surface area contributed by atoms with Gasteiger partial charge in [0.1, 0.15) is 5.78 Å². The van der Waals surface area contributed by atoms with Crippen molar-refractivity contribution in [3.8, 4) is 0 Å². The predicted octanol–water partition coefficient (Wildman–Crippen LogP) is 4.11. The van der Waals surface area contributed by atoms with E-state index in [2.05, 4.69) is 19.1 Å². The van der Waals surface area contributed by atoms with Gasteiger partial charge in [0.05, 0.1) is 6.10 Å². The minimum Gasteiger partial charge on any atom is -0.481 e. The molecule has 3 atom stereocenters. The Bertz CT molecular complexity index is 389. The van der Waals surface area contributed by atoms with Crippen LogP contribution < -0.4 is 0 Å². The Morgan fingerprint density at radius 2 is 1.96 bits per heavy atom. The molecule has 1 aliphatic rings. The molecule has 4 heteroatoms. The molecule has 0 saturated heterocycles. The van der Waals surface area contributed by atoms with E-state index in [0.29, 0.717) is 6.42 Å². The van der Waals surface area contributed by atoms with Crippen molar-refractivity contribution in [2.45, 2.75) is 83.7 Å². The van der Waals surface area contributed by atoms with Crippen molar-refractivity contribution in [3.63, 3.8) is 0 Å². The smallest absolute Gasteiger partial charge is 0.303 e. The van der Waals surface area contributed by atoms with Gasteiger partial charge in [0.2, 0.25) is 0 Å². The van der Waals surface area contributed by atoms with Crippen molar-refractivity contribution >= 4 is 11.8 Å². The number of aliphatic hydroxyl groups is 1. The van der Waals surface area contributed by atoms with Gasteiger partial charge in [-0.3, -0.25) is 9.59 Å². The highest BCUT2D eigenvalue weighted by molar-refractivity contribution is 5.84. The van der Waals surface area contributed by atoms with Crippen LogP contribution in [0.15, 0.2) is 12.2 Å². The molecule has 0 aliphatic heterocycles. The molecule has 0 amide bonds. The second kappa shape index (κ2) is 11.4. The molecule has 1 saturated carbocycles. The summed E-state index contributed by atoms with van der Waals surface area (Å²) in [5.41, 5.74) is 0. The standard InChI is InChI=1S/C19H32O4/c1-2-3-4-5-6-8-11-15-16(18(21)14-17(15)20)12-9-7-10-13-19(22)23/h6,8,15-17,20H,2-5,7,9-14H2,1H3,(H,22,23)/b8-6+/t15-,16-,17-/m1/s1. The largest absolute Gasteiger partial charge is 0.481 e. The quantitative estimate of drug-likeness (QED) is 0.418. The summed E-state index contributed by atoms with van der Waals surface area (Å²) in [5.74, 6) is -0.580. The molecule has 0 aromatic rings. The number of hydrogen-bond acceptors (Lipinski definition) is 3. The third-order valence-corrected chi connectivity index (χ3v) is 4.79. The van der Waals surface area contributed by atoms with Gasteiger partial charge >= 0.3 is 5.97 Å². The Kier molecular flexibility index (Phi) is 9.85. The van der Waals surface area contributed by atoms with Gasteiger partial charge in [-0.15, -0.1) is 0 Å². The fourth-order valence-corrected chi connectivity index (χ4v) is 3.41. The minimum atomic E-state index is -0.761. The fraction of sp³-hybridized carbons (Fsp3) is 0.789. The summed E-state index contributed by atoms with van der Waals surface area (Å²) >= 11 is 0. The predicted molar refractivity (Wildman–Crippen MR) is 91.2 cm³/mol. The maximum absolute atomic E-state index is 12.1. The molecule has 1 fully saturated rings. The Hall–Kier alpha value is -1.16. The van der Waals surface area contributed by atoms with Crippen LogP contribution in [0.3, 0.4) is 0 Å². The van der Waals surface area contributed by atoms with Crippen molar-refractivity contribution in [1.82, 2.24) is 0 Å². The van der Waals surface area contributed by atoms with Crippen LogP contribution in [-0.2, 0) is 9.59 Å². The number of hydrogen-bond donors (Lipinski definition) is 2. The maximum atomic E-state index is 12.1. The highest BCUT2D eigenvalue weighted by Crippen LogP contribution is 2.35.